The average molecular weight is 131 g/mol. The molecule has 1 aromatic rings. The first-order valence-corrected chi connectivity index (χ1v) is 2.97. The van der Waals surface area contributed by atoms with Crippen LogP contribution in [0.2, 0.25) is 0 Å². The van der Waals surface area contributed by atoms with Gasteiger partial charge in [0, 0.05) is 5.56 Å². The van der Waals surface area contributed by atoms with Crippen LogP contribution >= 0.6 is 0 Å². The Morgan fingerprint density at radius 2 is 2.30 bits per heavy atom. The molecule has 0 aromatic heterocycles. The Labute approximate surface area is 60.0 Å². The second kappa shape index (κ2) is 2.97. The van der Waals surface area contributed by atoms with E-state index >= 15 is 0 Å². The van der Waals surface area contributed by atoms with Gasteiger partial charge in [0.15, 0.2) is 0 Å². The highest BCUT2D eigenvalue weighted by atomic mass is 16.1. The van der Waals surface area contributed by atoms with Gasteiger partial charge < -0.3 is 0 Å². The number of carbonyl (C=O) groups excluding carboxylic acids is 1. The highest BCUT2D eigenvalue weighted by Gasteiger charge is 1.89. The lowest BCUT2D eigenvalue weighted by Gasteiger charge is -1.90. The predicted molar refractivity (Wildman–Crippen MR) is 41.3 cm³/mol. The Morgan fingerprint density at radius 1 is 1.50 bits per heavy atom. The summed E-state index contributed by atoms with van der Waals surface area (Å²) in [6.07, 6.45) is 3.50. The van der Waals surface area contributed by atoms with Gasteiger partial charge in [-0.1, -0.05) is 30.9 Å². The smallest absolute Gasteiger partial charge is 0.233 e. The fourth-order valence-corrected chi connectivity index (χ4v) is 0.729. The van der Waals surface area contributed by atoms with E-state index in [1.54, 1.807) is 30.6 Å². The Bertz CT molecular complexity index is 227. The lowest BCUT2D eigenvalue weighted by molar-refractivity contribution is 0.563. The molecule has 0 aliphatic heterocycles. The van der Waals surface area contributed by atoms with E-state index in [1.807, 2.05) is 6.07 Å². The van der Waals surface area contributed by atoms with E-state index < -0.39 is 0 Å². The summed E-state index contributed by atoms with van der Waals surface area (Å²) in [5.74, 6) is 0. The van der Waals surface area contributed by atoms with Gasteiger partial charge in [-0.05, 0) is 11.6 Å². The van der Waals surface area contributed by atoms with Crippen LogP contribution in [0, 0.1) is 0 Å². The van der Waals surface area contributed by atoms with E-state index in [-0.39, 0.29) is 0 Å². The molecule has 0 aliphatic carbocycles. The van der Waals surface area contributed by atoms with Crippen molar-refractivity contribution in [2.45, 2.75) is 0 Å². The highest BCUT2D eigenvalue weighted by molar-refractivity contribution is 5.76. The van der Waals surface area contributed by atoms with Crippen LogP contribution in [-0.2, 0) is 4.79 Å². The summed E-state index contributed by atoms with van der Waals surface area (Å²) in [4.78, 5) is 10.1. The minimum absolute atomic E-state index is 0.567. The van der Waals surface area contributed by atoms with E-state index in [4.69, 9.17) is 0 Å². The molecular weight excluding hydrogens is 124 g/mol. The molecule has 0 heterocycles. The summed E-state index contributed by atoms with van der Waals surface area (Å²) < 4.78 is 0. The molecule has 0 unspecified atom stereocenters. The first kappa shape index (κ1) is 6.75. The van der Waals surface area contributed by atoms with Crippen molar-refractivity contribution in [2.24, 2.45) is 0 Å². The molecule has 1 nitrogen and oxygen atoms in total. The van der Waals surface area contributed by atoms with Gasteiger partial charge in [0.1, 0.15) is 0 Å². The van der Waals surface area contributed by atoms with Crippen LogP contribution < -0.4 is 0 Å². The summed E-state index contributed by atoms with van der Waals surface area (Å²) in [5.41, 5.74) is 1.51. The lowest BCUT2D eigenvalue weighted by atomic mass is 10.1. The number of rotatable bonds is 2. The first-order valence-electron chi connectivity index (χ1n) is 2.97. The molecule has 0 saturated carbocycles. The molecule has 1 rings (SSSR count). The largest absolute Gasteiger partial charge is 0.285 e. The van der Waals surface area contributed by atoms with E-state index in [1.165, 1.54) is 0 Å². The molecule has 0 N–H and O–H groups in total. The van der Waals surface area contributed by atoms with Crippen LogP contribution in [0.4, 0.5) is 0 Å². The Morgan fingerprint density at radius 3 is 2.90 bits per heavy atom. The summed E-state index contributed by atoms with van der Waals surface area (Å²) in [6.45, 7) is 3.58. The third-order valence-corrected chi connectivity index (χ3v) is 1.24. The highest BCUT2D eigenvalue weighted by Crippen LogP contribution is 2.03. The molecule has 49 valence electrons. The van der Waals surface area contributed by atoms with Gasteiger partial charge in [-0.3, -0.25) is 4.79 Å². The van der Waals surface area contributed by atoms with Crippen molar-refractivity contribution in [1.29, 1.82) is 0 Å². The van der Waals surface area contributed by atoms with Crippen LogP contribution in [0.1, 0.15) is 11.1 Å². The summed E-state index contributed by atoms with van der Waals surface area (Å²) in [5, 5.41) is 0. The SMILES string of the molecule is C=Cc1cccc([C]=O)c1. The minimum Gasteiger partial charge on any atom is -0.285 e. The van der Waals surface area contributed by atoms with Crippen LogP contribution in [0.15, 0.2) is 30.8 Å². The van der Waals surface area contributed by atoms with E-state index in [0.29, 0.717) is 5.56 Å². The van der Waals surface area contributed by atoms with E-state index in [0.717, 1.165) is 5.56 Å². The number of hydrogen-bond donors (Lipinski definition) is 0. The summed E-state index contributed by atoms with van der Waals surface area (Å²) in [6, 6.07) is 7.13. The maximum atomic E-state index is 10.1. The molecule has 0 spiro atoms. The third-order valence-electron chi connectivity index (χ3n) is 1.24. The van der Waals surface area contributed by atoms with Gasteiger partial charge in [0.25, 0.3) is 0 Å². The summed E-state index contributed by atoms with van der Waals surface area (Å²) in [7, 11) is 0. The molecule has 1 aromatic carbocycles. The van der Waals surface area contributed by atoms with Crippen molar-refractivity contribution < 1.29 is 4.79 Å². The van der Waals surface area contributed by atoms with E-state index in [9.17, 15) is 4.79 Å². The molecule has 0 fully saturated rings. The van der Waals surface area contributed by atoms with Crippen LogP contribution in [0.25, 0.3) is 6.08 Å². The van der Waals surface area contributed by atoms with Gasteiger partial charge in [-0.25, -0.2) is 0 Å². The molecule has 0 amide bonds. The molecule has 1 radical (unpaired) electrons. The quantitative estimate of drug-likeness (QED) is 0.598. The maximum Gasteiger partial charge on any atom is 0.233 e. The minimum atomic E-state index is 0.567. The Balaban J connectivity index is 3.09. The molecule has 0 atom stereocenters. The van der Waals surface area contributed by atoms with Gasteiger partial charge >= 0.3 is 0 Å². The predicted octanol–water partition coefficient (Wildman–Crippen LogP) is 1.79. The normalized spacial score (nSPS) is 8.80. The standard InChI is InChI=1S/C9H7O/c1-2-8-4-3-5-9(6-8)7-10/h2-6H,1H2. The van der Waals surface area contributed by atoms with Crippen LogP contribution in [-0.4, -0.2) is 6.29 Å². The molecule has 0 aliphatic rings. The second-order valence-electron chi connectivity index (χ2n) is 1.93. The van der Waals surface area contributed by atoms with Crippen LogP contribution in [0.5, 0.6) is 0 Å². The number of hydrogen-bond acceptors (Lipinski definition) is 1. The molecule has 10 heavy (non-hydrogen) atoms. The van der Waals surface area contributed by atoms with Gasteiger partial charge in [0.05, 0.1) is 0 Å². The van der Waals surface area contributed by atoms with Crippen molar-refractivity contribution in [3.63, 3.8) is 0 Å². The van der Waals surface area contributed by atoms with Gasteiger partial charge in [0.2, 0.25) is 6.29 Å². The van der Waals surface area contributed by atoms with Crippen LogP contribution in [0.3, 0.4) is 0 Å². The number of benzene rings is 1. The Hall–Kier alpha value is -1.37. The monoisotopic (exact) mass is 131 g/mol. The first-order chi connectivity index (χ1) is 4.86. The third kappa shape index (κ3) is 1.32. The van der Waals surface area contributed by atoms with Gasteiger partial charge in [-0.15, -0.1) is 0 Å². The summed E-state index contributed by atoms with van der Waals surface area (Å²) >= 11 is 0. The van der Waals surface area contributed by atoms with Crippen molar-refractivity contribution in [3.05, 3.63) is 42.0 Å². The zero-order valence-electron chi connectivity index (χ0n) is 5.50. The second-order valence-corrected chi connectivity index (χ2v) is 1.93. The van der Waals surface area contributed by atoms with Gasteiger partial charge in [-0.2, -0.15) is 0 Å². The average Bonchev–Trinajstić information content (AvgIpc) is 2.05. The zero-order chi connectivity index (χ0) is 7.40. The molecule has 1 heteroatoms. The topological polar surface area (TPSA) is 17.1 Å². The molecular formula is C9H7O. The van der Waals surface area contributed by atoms with Crippen molar-refractivity contribution in [2.75, 3.05) is 0 Å². The van der Waals surface area contributed by atoms with E-state index in [2.05, 4.69) is 6.58 Å². The van der Waals surface area contributed by atoms with Crippen molar-refractivity contribution in [3.8, 4) is 0 Å². The van der Waals surface area contributed by atoms with Crippen molar-refractivity contribution >= 4 is 12.4 Å². The zero-order valence-corrected chi connectivity index (χ0v) is 5.50. The fraction of sp³-hybridized carbons (Fsp3) is 0. The fourth-order valence-electron chi connectivity index (χ4n) is 0.729. The maximum absolute atomic E-state index is 10.1. The van der Waals surface area contributed by atoms with Crippen molar-refractivity contribution in [1.82, 2.24) is 0 Å². The molecule has 0 saturated heterocycles. The Kier molecular flexibility index (Phi) is 2.00. The lowest BCUT2D eigenvalue weighted by Crippen LogP contribution is -1.79. The molecule has 0 bridgehead atoms.